The number of benzene rings is 4. The molecule has 0 aliphatic carbocycles. The maximum atomic E-state index is 5.86. The molecule has 0 N–H and O–H groups in total. The maximum absolute atomic E-state index is 5.86. The molecule has 28 heteroatoms. The number of anilines is 2. The van der Waals surface area contributed by atoms with Crippen molar-refractivity contribution < 1.29 is 4.74 Å². The Morgan fingerprint density at radius 2 is 0.761 bits per heavy atom. The Labute approximate surface area is 674 Å². The number of fused-ring (bicyclic) bond motifs is 6. The zero-order valence-electron chi connectivity index (χ0n) is 66.4. The number of hydrogen-bond donors (Lipinski definition) is 0. The first kappa shape index (κ1) is 73.3. The van der Waals surface area contributed by atoms with Crippen LogP contribution in [-0.4, -0.2) is 161 Å². The Morgan fingerprint density at radius 1 is 0.368 bits per heavy atom. The average molecular weight is 1550 g/mol. The quantitative estimate of drug-likeness (QED) is 0.104. The molecule has 4 aliphatic heterocycles. The number of rotatable bonds is 13. The molecule has 2 saturated heterocycles. The van der Waals surface area contributed by atoms with Crippen LogP contribution in [0.4, 0.5) is 11.6 Å². The molecule has 28 nitrogen and oxygen atoms in total. The van der Waals surface area contributed by atoms with Crippen LogP contribution in [0.15, 0.2) is 233 Å². The van der Waals surface area contributed by atoms with E-state index in [0.29, 0.717) is 11.8 Å². The molecule has 0 radical (unpaired) electrons. The van der Waals surface area contributed by atoms with E-state index < -0.39 is 0 Å². The summed E-state index contributed by atoms with van der Waals surface area (Å²) in [7, 11) is 7.73. The number of aromatic nitrogens is 25. The summed E-state index contributed by atoms with van der Waals surface area (Å²) >= 11 is 0. The van der Waals surface area contributed by atoms with E-state index in [0.717, 1.165) is 223 Å². The number of pyridine rings is 4. The van der Waals surface area contributed by atoms with E-state index in [1.54, 1.807) is 0 Å². The Morgan fingerprint density at radius 3 is 1.17 bits per heavy atom. The van der Waals surface area contributed by atoms with Gasteiger partial charge in [-0.2, -0.15) is 40.8 Å². The molecule has 0 amide bonds. The number of nitrogens with zero attached hydrogens (tertiary/aromatic N) is 27. The van der Waals surface area contributed by atoms with Gasteiger partial charge in [0, 0.05) is 228 Å². The van der Waals surface area contributed by atoms with Crippen molar-refractivity contribution in [3.05, 3.63) is 262 Å². The first-order valence-electron chi connectivity index (χ1n) is 40.1. The van der Waals surface area contributed by atoms with Crippen LogP contribution in [0.3, 0.4) is 0 Å². The van der Waals surface area contributed by atoms with Crippen molar-refractivity contribution >= 4 is 55.2 Å². The Bertz CT molecular complexity index is 6570. The summed E-state index contributed by atoms with van der Waals surface area (Å²) in [6.07, 6.45) is 42.4. The van der Waals surface area contributed by atoms with Crippen LogP contribution in [-0.2, 0) is 65.3 Å². The molecule has 2 fully saturated rings. The van der Waals surface area contributed by atoms with Gasteiger partial charge in [0.05, 0.1) is 107 Å². The van der Waals surface area contributed by atoms with Crippen LogP contribution in [0.5, 0.6) is 0 Å². The number of aryl methyl sites for hydroxylation is 6. The maximum Gasteiger partial charge on any atom is 0.133 e. The Balaban J connectivity index is 0.000000104. The van der Waals surface area contributed by atoms with E-state index in [9.17, 15) is 0 Å². The lowest BCUT2D eigenvalue weighted by molar-refractivity contribution is -0.00546. The van der Waals surface area contributed by atoms with Crippen LogP contribution in [0.2, 0.25) is 0 Å². The zero-order chi connectivity index (χ0) is 79.2. The fourth-order valence-corrected chi connectivity index (χ4v) is 16.7. The smallest absolute Gasteiger partial charge is 0.133 e. The molecule has 0 saturated carbocycles. The zero-order valence-corrected chi connectivity index (χ0v) is 66.4. The van der Waals surface area contributed by atoms with Gasteiger partial charge in [-0.3, -0.25) is 28.7 Å². The number of hydrogen-bond acceptors (Lipinski definition) is 18. The van der Waals surface area contributed by atoms with Crippen LogP contribution < -0.4 is 9.80 Å². The second-order valence-corrected chi connectivity index (χ2v) is 30.9. The van der Waals surface area contributed by atoms with E-state index in [2.05, 4.69) is 214 Å². The highest BCUT2D eigenvalue weighted by Crippen LogP contribution is 2.36. The van der Waals surface area contributed by atoms with Crippen molar-refractivity contribution in [2.75, 3.05) is 36.0 Å². The molecule has 14 aromatic heterocycles. The van der Waals surface area contributed by atoms with E-state index in [1.165, 1.54) is 12.8 Å². The van der Waals surface area contributed by atoms with Gasteiger partial charge in [-0.15, -0.1) is 10.2 Å². The minimum atomic E-state index is 0.191. The minimum Gasteiger partial charge on any atom is -0.372 e. The van der Waals surface area contributed by atoms with Crippen LogP contribution in [0.1, 0.15) is 87.2 Å². The minimum absolute atomic E-state index is 0.191. The molecule has 4 atom stereocenters. The average Bonchev–Trinajstić information content (AvgIpc) is 1.67. The summed E-state index contributed by atoms with van der Waals surface area (Å²) in [5, 5.41) is 49.0. The molecule has 4 aromatic carbocycles. The van der Waals surface area contributed by atoms with E-state index >= 15 is 0 Å². The second-order valence-electron chi connectivity index (χ2n) is 30.9. The molecular formula is C89H89N27O. The molecule has 4 aliphatic rings. The Hall–Kier alpha value is -13.9. The first-order chi connectivity index (χ1) is 57.3. The molecule has 117 heavy (non-hydrogen) atoms. The molecular weight excluding hydrogens is 1460 g/mol. The third-order valence-electron chi connectivity index (χ3n) is 22.7. The monoisotopic (exact) mass is 1550 g/mol. The summed E-state index contributed by atoms with van der Waals surface area (Å²) in [4.78, 5) is 27.7. The van der Waals surface area contributed by atoms with E-state index in [4.69, 9.17) is 9.72 Å². The molecule has 18 heterocycles. The summed E-state index contributed by atoms with van der Waals surface area (Å²) in [6, 6.07) is 42.2. The van der Waals surface area contributed by atoms with Crippen LogP contribution in [0.25, 0.3) is 111 Å². The van der Waals surface area contributed by atoms with E-state index in [-0.39, 0.29) is 12.2 Å². The van der Waals surface area contributed by atoms with Gasteiger partial charge in [-0.05, 0) is 122 Å². The normalized spacial score (nSPS) is 16.6. The Kier molecular flexibility index (Phi) is 19.7. The summed E-state index contributed by atoms with van der Waals surface area (Å²) in [5.41, 5.74) is 19.5. The van der Waals surface area contributed by atoms with Crippen LogP contribution >= 0.6 is 0 Å². The van der Waals surface area contributed by atoms with Gasteiger partial charge in [-0.1, -0.05) is 55.5 Å². The van der Waals surface area contributed by atoms with Crippen molar-refractivity contribution in [2.45, 2.75) is 103 Å². The first-order valence-corrected chi connectivity index (χ1v) is 40.1. The van der Waals surface area contributed by atoms with Gasteiger partial charge >= 0.3 is 0 Å². The van der Waals surface area contributed by atoms with Crippen LogP contribution in [0, 0.1) is 0 Å². The van der Waals surface area contributed by atoms with E-state index in [1.807, 2.05) is 195 Å². The lowest BCUT2D eigenvalue weighted by Gasteiger charge is -2.36. The molecule has 18 aromatic rings. The van der Waals surface area contributed by atoms with Crippen molar-refractivity contribution in [3.63, 3.8) is 0 Å². The van der Waals surface area contributed by atoms with Crippen molar-refractivity contribution in [1.82, 2.24) is 122 Å². The summed E-state index contributed by atoms with van der Waals surface area (Å²) in [6.45, 7) is 12.1. The number of imidazole rings is 1. The molecule has 0 bridgehead atoms. The highest BCUT2D eigenvalue weighted by molar-refractivity contribution is 5.89. The molecule has 22 rings (SSSR count). The summed E-state index contributed by atoms with van der Waals surface area (Å²) < 4.78 is 25.6. The van der Waals surface area contributed by atoms with Gasteiger partial charge in [-0.25, -0.2) is 33.7 Å². The predicted octanol–water partition coefficient (Wildman–Crippen LogP) is 14.3. The van der Waals surface area contributed by atoms with Gasteiger partial charge in [0.15, 0.2) is 0 Å². The van der Waals surface area contributed by atoms with Gasteiger partial charge in [0.2, 0.25) is 0 Å². The topological polar surface area (TPSA) is 258 Å². The standard InChI is InChI=1S/C24H24N8.C23H21N7.C22H24N6O.C20H20N6/c1-3-23-28-29-24-11-17(7-9-31(23)24)21-12-20(6-8-25-21)32-22-10-16(4-5-18(22)13-27-32)19-14-26-30(2)15-19;1-28-15-19(14-26-28)16-2-3-18-13-27-30(22(18)10-16)20-4-6-24-21(12-20)17-5-8-29-9-7-25-23(29)11-17;1-15-12-27(13-16(2)29-15)22-9-20(6-7-23-22)28-21-8-17(4-5-18(21)10-25-28)19-11-24-26(3)14-19;1-24-14-17(13-22-24)15-4-5-16-12-23-26(19(16)10-15)18-6-7-21-20(11-18)25-8-2-3-9-25/h4-6,8,10,12-15,17H,3,7,9,11H2,1-2H3;2-4,6-7,9-10,12-15,17H,5,8,11H2,1H3;4-11,14-16H,12-13H2,1-3H3;4-7,10-14H,2-3,8-9H2,1H3/t;;15-,16+;. The lowest BCUT2D eigenvalue weighted by Crippen LogP contribution is -2.45. The molecule has 0 spiro atoms. The second kappa shape index (κ2) is 31.5. The molecule has 586 valence electrons. The van der Waals surface area contributed by atoms with Crippen molar-refractivity contribution in [1.29, 1.82) is 0 Å². The van der Waals surface area contributed by atoms with Crippen molar-refractivity contribution in [3.8, 4) is 67.3 Å². The highest BCUT2D eigenvalue weighted by atomic mass is 16.5. The predicted molar refractivity (Wildman–Crippen MR) is 452 cm³/mol. The van der Waals surface area contributed by atoms with Gasteiger partial charge < -0.3 is 23.7 Å². The lowest BCUT2D eigenvalue weighted by atomic mass is 9.93. The molecule has 2 unspecified atom stereocenters. The SMILES string of the molecule is CCc1nnc2n1CCC(c1cc(-n3ncc4ccc(-c5cnn(C)c5)cc43)ccn1)C2.C[C@@H]1CN(c2cc(-n3ncc4ccc(-c5cnn(C)c5)cc43)ccn2)C[C@H](C)O1.Cn1cc(-c2ccc3cnn(-c4ccnc(C5CCn6ccnc6C5)c4)c3c2)cn1.Cn1cc(-c2ccc3cnn(-c4ccnc(N5CCCC5)c4)c3c2)cn1. The third kappa shape index (κ3) is 15.1. The largest absolute Gasteiger partial charge is 0.372 e. The summed E-state index contributed by atoms with van der Waals surface area (Å²) in [5.74, 6) is 5.99. The number of morpholine rings is 1. The van der Waals surface area contributed by atoms with Gasteiger partial charge in [0.25, 0.3) is 0 Å². The fraction of sp³-hybridized carbons (Fsp3) is 0.270. The fourth-order valence-electron chi connectivity index (χ4n) is 16.7. The number of ether oxygens (including phenoxy) is 1. The highest BCUT2D eigenvalue weighted by Gasteiger charge is 2.28. The third-order valence-corrected chi connectivity index (χ3v) is 22.7. The van der Waals surface area contributed by atoms with Crippen molar-refractivity contribution in [2.24, 2.45) is 28.2 Å². The van der Waals surface area contributed by atoms with Gasteiger partial charge in [0.1, 0.15) is 29.1 Å².